The second kappa shape index (κ2) is 16.8. The highest BCUT2D eigenvalue weighted by molar-refractivity contribution is 6.91. The third-order valence-corrected chi connectivity index (χ3v) is 16.6. The van der Waals surface area contributed by atoms with Crippen molar-refractivity contribution in [1.29, 1.82) is 0 Å². The fraction of sp³-hybridized carbons (Fsp3) is 0.444. The molecular weight excluding hydrogens is 721 g/mol. The van der Waals surface area contributed by atoms with Crippen LogP contribution in [0.3, 0.4) is 0 Å². The standard InChI is InChI=1S/C45H58N4O6Si/c1-29(2)10-8-11-30(3)23-25-49-39-22-17-34(47-43(52)32-13-15-33(46)16-14-32)26-38(39)45(44(49)53)31(4)42(56(6,7)37-20-18-36(54-5)19-21-37)40(55-45)27-41(51)48-24-9-12-35(48)28-50/h10,13-23,26,31,35,40,42,50H,8-9,11-12,24-25,27-28,46H2,1-7H3,(H,47,52)/b30-23+/t31-,35+,40+,42-,45+/m1/s1. The van der Waals surface area contributed by atoms with Gasteiger partial charge in [0.2, 0.25) is 5.91 Å². The molecule has 298 valence electrons. The van der Waals surface area contributed by atoms with E-state index in [2.05, 4.69) is 70.4 Å². The minimum Gasteiger partial charge on any atom is -0.497 e. The summed E-state index contributed by atoms with van der Waals surface area (Å²) in [7, 11) is -0.876. The molecule has 0 saturated carbocycles. The Morgan fingerprint density at radius 2 is 1.77 bits per heavy atom. The smallest absolute Gasteiger partial charge is 0.264 e. The lowest BCUT2D eigenvalue weighted by atomic mass is 9.82. The largest absolute Gasteiger partial charge is 0.497 e. The van der Waals surface area contributed by atoms with Crippen molar-refractivity contribution in [3.05, 3.63) is 101 Å². The Balaban J connectivity index is 1.44. The van der Waals surface area contributed by atoms with E-state index in [1.807, 2.05) is 35.2 Å². The van der Waals surface area contributed by atoms with E-state index in [-0.39, 0.29) is 48.3 Å². The number of nitrogens with two attached hydrogens (primary N) is 1. The molecule has 3 heterocycles. The summed E-state index contributed by atoms with van der Waals surface area (Å²) in [6.45, 7) is 13.8. The van der Waals surface area contributed by atoms with Crippen LogP contribution in [0.4, 0.5) is 17.1 Å². The molecule has 0 unspecified atom stereocenters. The number of amides is 3. The Morgan fingerprint density at radius 3 is 2.43 bits per heavy atom. The molecule has 4 N–H and O–H groups in total. The summed E-state index contributed by atoms with van der Waals surface area (Å²) in [6, 6.07) is 20.3. The number of hydrogen-bond acceptors (Lipinski definition) is 7. The van der Waals surface area contributed by atoms with Crippen LogP contribution in [0.25, 0.3) is 0 Å². The molecule has 0 aromatic heterocycles. The van der Waals surface area contributed by atoms with Crippen LogP contribution in [0.1, 0.15) is 75.7 Å². The summed E-state index contributed by atoms with van der Waals surface area (Å²) in [5.74, 6) is -0.103. The molecule has 2 fully saturated rings. The average Bonchev–Trinajstić information content (AvgIpc) is 3.84. The van der Waals surface area contributed by atoms with Crippen molar-refractivity contribution in [2.45, 2.75) is 96.2 Å². The van der Waals surface area contributed by atoms with Gasteiger partial charge in [0, 0.05) is 41.5 Å². The number of anilines is 3. The van der Waals surface area contributed by atoms with Crippen LogP contribution in [-0.4, -0.2) is 74.8 Å². The van der Waals surface area contributed by atoms with E-state index in [1.165, 1.54) is 16.3 Å². The number of aliphatic hydroxyl groups is 1. The number of benzene rings is 3. The summed E-state index contributed by atoms with van der Waals surface area (Å²) in [5, 5.41) is 14.3. The predicted molar refractivity (Wildman–Crippen MR) is 226 cm³/mol. The van der Waals surface area contributed by atoms with Crippen LogP contribution in [0.15, 0.2) is 90.0 Å². The number of carbonyl (C=O) groups excluding carboxylic acids is 3. The number of hydrogen-bond donors (Lipinski definition) is 3. The number of methoxy groups -OCH3 is 1. The van der Waals surface area contributed by atoms with Gasteiger partial charge in [0.05, 0.1) is 46.0 Å². The Hall–Kier alpha value is -4.71. The highest BCUT2D eigenvalue weighted by Crippen LogP contribution is 2.60. The zero-order chi connectivity index (χ0) is 40.4. The number of likely N-dealkylation sites (tertiary alicyclic amines) is 1. The first-order valence-corrected chi connectivity index (χ1v) is 22.9. The lowest BCUT2D eigenvalue weighted by molar-refractivity contribution is -0.149. The first kappa shape index (κ1) is 40.9. The van der Waals surface area contributed by atoms with E-state index < -0.39 is 19.8 Å². The summed E-state index contributed by atoms with van der Waals surface area (Å²) in [4.78, 5) is 46.5. The average molecular weight is 779 g/mol. The maximum absolute atomic E-state index is 15.3. The van der Waals surface area contributed by atoms with Gasteiger partial charge in [-0.3, -0.25) is 14.4 Å². The fourth-order valence-corrected chi connectivity index (χ4v) is 13.2. The Bertz CT molecular complexity index is 1990. The van der Waals surface area contributed by atoms with Crippen molar-refractivity contribution in [3.63, 3.8) is 0 Å². The van der Waals surface area contributed by atoms with Crippen LogP contribution in [0, 0.1) is 5.92 Å². The zero-order valence-corrected chi connectivity index (χ0v) is 34.9. The van der Waals surface area contributed by atoms with E-state index in [1.54, 1.807) is 36.3 Å². The molecule has 0 bridgehead atoms. The van der Waals surface area contributed by atoms with Crippen LogP contribution < -0.4 is 25.9 Å². The molecular formula is C45H58N4O6Si. The highest BCUT2D eigenvalue weighted by Gasteiger charge is 2.66. The SMILES string of the molecule is COc1ccc([Si](C)(C)[C@H]2[C@H](CC(=O)N3CCC[C@H]3CO)O[C@@]3(C(=O)N(C/C=C(\C)CCC=C(C)C)c4ccc(NC(=O)c5ccc(N)cc5)cc43)[C@@H]2C)cc1. The number of ether oxygens (including phenoxy) is 2. The van der Waals surface area contributed by atoms with Gasteiger partial charge < -0.3 is 35.4 Å². The number of carbonyl (C=O) groups is 3. The normalized spacial score (nSPS) is 23.4. The lowest BCUT2D eigenvalue weighted by Gasteiger charge is -2.37. The van der Waals surface area contributed by atoms with Crippen molar-refractivity contribution in [3.8, 4) is 5.75 Å². The first-order chi connectivity index (χ1) is 26.7. The van der Waals surface area contributed by atoms with Crippen LogP contribution in [-0.2, 0) is 19.9 Å². The van der Waals surface area contributed by atoms with Gasteiger partial charge in [-0.15, -0.1) is 0 Å². The fourth-order valence-electron chi connectivity index (χ4n) is 9.19. The van der Waals surface area contributed by atoms with Gasteiger partial charge in [0.25, 0.3) is 11.8 Å². The molecule has 0 aliphatic carbocycles. The van der Waals surface area contributed by atoms with Crippen molar-refractivity contribution in [2.75, 3.05) is 42.8 Å². The number of rotatable bonds is 13. The molecule has 1 spiro atoms. The molecule has 3 aromatic carbocycles. The molecule has 3 amide bonds. The first-order valence-electron chi connectivity index (χ1n) is 19.9. The third-order valence-electron chi connectivity index (χ3n) is 12.3. The second-order valence-electron chi connectivity index (χ2n) is 16.5. The minimum absolute atomic E-state index is 0.0673. The summed E-state index contributed by atoms with van der Waals surface area (Å²) in [6.07, 6.45) is 7.26. The van der Waals surface area contributed by atoms with Gasteiger partial charge in [-0.25, -0.2) is 0 Å². The lowest BCUT2D eigenvalue weighted by Crippen LogP contribution is -2.52. The maximum Gasteiger partial charge on any atom is 0.264 e. The van der Waals surface area contributed by atoms with Gasteiger partial charge >= 0.3 is 0 Å². The van der Waals surface area contributed by atoms with Crippen molar-refractivity contribution in [1.82, 2.24) is 4.90 Å². The molecule has 10 nitrogen and oxygen atoms in total. The summed E-state index contributed by atoms with van der Waals surface area (Å²) >= 11 is 0. The Morgan fingerprint density at radius 1 is 1.05 bits per heavy atom. The number of nitrogen functional groups attached to an aromatic ring is 1. The van der Waals surface area contributed by atoms with E-state index in [4.69, 9.17) is 15.2 Å². The summed E-state index contributed by atoms with van der Waals surface area (Å²) < 4.78 is 12.8. The van der Waals surface area contributed by atoms with E-state index in [0.29, 0.717) is 35.6 Å². The number of allylic oxidation sites excluding steroid dienone is 3. The molecule has 3 aromatic rings. The maximum atomic E-state index is 15.3. The third kappa shape index (κ3) is 7.94. The van der Waals surface area contributed by atoms with Crippen molar-refractivity contribution in [2.24, 2.45) is 5.92 Å². The van der Waals surface area contributed by atoms with Gasteiger partial charge in [0.15, 0.2) is 5.60 Å². The molecule has 5 atom stereocenters. The Kier molecular flexibility index (Phi) is 12.3. The number of aliphatic hydroxyl groups excluding tert-OH is 1. The molecule has 6 rings (SSSR count). The van der Waals surface area contributed by atoms with Crippen molar-refractivity contribution >= 4 is 48.0 Å². The Labute approximate surface area is 332 Å². The van der Waals surface area contributed by atoms with E-state index in [9.17, 15) is 14.7 Å². The molecule has 2 saturated heterocycles. The molecule has 11 heteroatoms. The second-order valence-corrected chi connectivity index (χ2v) is 21.2. The molecule has 3 aliphatic rings. The highest BCUT2D eigenvalue weighted by atomic mass is 28.3. The molecule has 3 aliphatic heterocycles. The van der Waals surface area contributed by atoms with E-state index in [0.717, 1.165) is 37.1 Å². The number of nitrogens with one attached hydrogen (secondary N) is 1. The van der Waals surface area contributed by atoms with Crippen LogP contribution >= 0.6 is 0 Å². The van der Waals surface area contributed by atoms with Crippen molar-refractivity contribution < 1.29 is 29.0 Å². The number of nitrogens with zero attached hydrogens (tertiary/aromatic N) is 2. The monoisotopic (exact) mass is 778 g/mol. The summed E-state index contributed by atoms with van der Waals surface area (Å²) in [5.41, 5.74) is 9.76. The van der Waals surface area contributed by atoms with Crippen LogP contribution in [0.2, 0.25) is 18.6 Å². The number of fused-ring (bicyclic) bond motifs is 2. The molecule has 56 heavy (non-hydrogen) atoms. The van der Waals surface area contributed by atoms with Gasteiger partial charge in [-0.05, 0) is 107 Å². The van der Waals surface area contributed by atoms with Gasteiger partial charge in [-0.2, -0.15) is 0 Å². The quantitative estimate of drug-likeness (QED) is 0.0953. The zero-order valence-electron chi connectivity index (χ0n) is 33.9. The van der Waals surface area contributed by atoms with Gasteiger partial charge in [-0.1, -0.05) is 60.6 Å². The topological polar surface area (TPSA) is 134 Å². The van der Waals surface area contributed by atoms with Gasteiger partial charge in [0.1, 0.15) is 5.75 Å². The molecule has 0 radical (unpaired) electrons. The predicted octanol–water partition coefficient (Wildman–Crippen LogP) is 7.16. The minimum atomic E-state index is -2.52. The van der Waals surface area contributed by atoms with Crippen LogP contribution in [0.5, 0.6) is 5.75 Å². The van der Waals surface area contributed by atoms with E-state index >= 15 is 4.79 Å².